The summed E-state index contributed by atoms with van der Waals surface area (Å²) < 4.78 is 0.769. The molecule has 0 nitrogen and oxygen atoms in total. The molecule has 0 amide bonds. The van der Waals surface area contributed by atoms with Crippen LogP contribution in [0.25, 0.3) is 0 Å². The second-order valence-corrected chi connectivity index (χ2v) is 7.73. The molecule has 12 heavy (non-hydrogen) atoms. The molecule has 0 aliphatic heterocycles. The molecule has 74 valence electrons. The highest BCUT2D eigenvalue weighted by Crippen LogP contribution is 2.35. The van der Waals surface area contributed by atoms with Gasteiger partial charge in [-0.05, 0) is 5.92 Å². The van der Waals surface area contributed by atoms with Gasteiger partial charge in [-0.2, -0.15) is 0 Å². The summed E-state index contributed by atoms with van der Waals surface area (Å²) in [5.74, 6) is 0.782. The summed E-state index contributed by atoms with van der Waals surface area (Å²) in [6.45, 7) is 13.7. The van der Waals surface area contributed by atoms with Gasteiger partial charge in [-0.3, -0.25) is 0 Å². The van der Waals surface area contributed by atoms with Crippen LogP contribution in [0.5, 0.6) is 0 Å². The largest absolute Gasteiger partial charge is 0.145 e. The molecular formula is C10H22S2. The Hall–Kier alpha value is 0.700. The van der Waals surface area contributed by atoms with Crippen LogP contribution in [-0.2, 0) is 0 Å². The highest BCUT2D eigenvalue weighted by atomic mass is 32.2. The topological polar surface area (TPSA) is 0 Å². The summed E-state index contributed by atoms with van der Waals surface area (Å²) in [7, 11) is 0. The van der Waals surface area contributed by atoms with E-state index in [1.165, 1.54) is 0 Å². The quantitative estimate of drug-likeness (QED) is 0.617. The molecule has 0 saturated carbocycles. The third-order valence-electron chi connectivity index (χ3n) is 1.36. The fourth-order valence-corrected chi connectivity index (χ4v) is 4.17. The predicted molar refractivity (Wildman–Crippen MR) is 64.1 cm³/mol. The second-order valence-electron chi connectivity index (χ2n) is 3.98. The summed E-state index contributed by atoms with van der Waals surface area (Å²) in [5, 5.41) is 1.51. The Kier molecular flexibility index (Phi) is 6.56. The minimum absolute atomic E-state index is 0.753. The van der Waals surface area contributed by atoms with Gasteiger partial charge < -0.3 is 0 Å². The molecule has 0 rings (SSSR count). The van der Waals surface area contributed by atoms with Crippen LogP contribution in [0.4, 0.5) is 0 Å². The van der Waals surface area contributed by atoms with Crippen LogP contribution in [0.2, 0.25) is 0 Å². The molecule has 0 aromatic rings. The minimum Gasteiger partial charge on any atom is -0.145 e. The Morgan fingerprint density at radius 3 is 1.17 bits per heavy atom. The van der Waals surface area contributed by atoms with Crippen molar-refractivity contribution >= 4 is 23.5 Å². The van der Waals surface area contributed by atoms with Crippen molar-refractivity contribution in [3.63, 3.8) is 0 Å². The first-order chi connectivity index (χ1) is 5.43. The number of hydrogen-bond donors (Lipinski definition) is 0. The van der Waals surface area contributed by atoms with Gasteiger partial charge >= 0.3 is 0 Å². The van der Waals surface area contributed by atoms with Gasteiger partial charge in [-0.25, -0.2) is 0 Å². The lowest BCUT2D eigenvalue weighted by Gasteiger charge is -2.23. The van der Waals surface area contributed by atoms with Gasteiger partial charge in [0.25, 0.3) is 0 Å². The van der Waals surface area contributed by atoms with Gasteiger partial charge in [0.1, 0.15) is 0 Å². The van der Waals surface area contributed by atoms with E-state index in [0.717, 1.165) is 21.0 Å². The number of rotatable bonds is 5. The Balaban J connectivity index is 3.87. The van der Waals surface area contributed by atoms with Crippen molar-refractivity contribution < 1.29 is 0 Å². The zero-order valence-corrected chi connectivity index (χ0v) is 10.8. The molecule has 0 bridgehead atoms. The monoisotopic (exact) mass is 206 g/mol. The molecule has 0 heterocycles. The molecule has 0 radical (unpaired) electrons. The molecule has 0 N–H and O–H groups in total. The Labute approximate surface area is 86.3 Å². The highest BCUT2D eigenvalue weighted by Gasteiger charge is 2.17. The molecule has 2 heteroatoms. The highest BCUT2D eigenvalue weighted by molar-refractivity contribution is 8.17. The van der Waals surface area contributed by atoms with E-state index in [-0.39, 0.29) is 0 Å². The fourth-order valence-electron chi connectivity index (χ4n) is 0.883. The van der Waals surface area contributed by atoms with Crippen LogP contribution >= 0.6 is 23.5 Å². The minimum atomic E-state index is 0.753. The van der Waals surface area contributed by atoms with Crippen molar-refractivity contribution in [1.29, 1.82) is 0 Å². The molecule has 0 aromatic heterocycles. The first kappa shape index (κ1) is 12.7. The van der Waals surface area contributed by atoms with Crippen LogP contribution in [0.3, 0.4) is 0 Å². The predicted octanol–water partition coefficient (Wildman–Crippen LogP) is 4.25. The van der Waals surface area contributed by atoms with Gasteiger partial charge in [0, 0.05) is 10.5 Å². The van der Waals surface area contributed by atoms with E-state index in [1.807, 2.05) is 0 Å². The molecule has 0 aliphatic rings. The normalized spacial score (nSPS) is 12.5. The van der Waals surface area contributed by atoms with Crippen LogP contribution in [0, 0.1) is 5.92 Å². The maximum Gasteiger partial charge on any atom is 0.0530 e. The van der Waals surface area contributed by atoms with E-state index in [0.29, 0.717) is 0 Å². The zero-order chi connectivity index (χ0) is 9.72. The average molecular weight is 206 g/mol. The van der Waals surface area contributed by atoms with Crippen molar-refractivity contribution in [2.24, 2.45) is 5.92 Å². The van der Waals surface area contributed by atoms with E-state index >= 15 is 0 Å². The van der Waals surface area contributed by atoms with Crippen molar-refractivity contribution in [2.45, 2.75) is 56.6 Å². The van der Waals surface area contributed by atoms with Crippen molar-refractivity contribution in [1.82, 2.24) is 0 Å². The van der Waals surface area contributed by atoms with E-state index in [4.69, 9.17) is 0 Å². The Morgan fingerprint density at radius 2 is 1.00 bits per heavy atom. The van der Waals surface area contributed by atoms with E-state index in [2.05, 4.69) is 65.1 Å². The lowest BCUT2D eigenvalue weighted by molar-refractivity contribution is 0.716. The average Bonchev–Trinajstić information content (AvgIpc) is 1.83. The first-order valence-electron chi connectivity index (χ1n) is 4.74. The van der Waals surface area contributed by atoms with Gasteiger partial charge in [0.15, 0.2) is 0 Å². The zero-order valence-electron chi connectivity index (χ0n) is 9.13. The third kappa shape index (κ3) is 6.24. The number of hydrogen-bond acceptors (Lipinski definition) is 2. The molecule has 0 fully saturated rings. The maximum atomic E-state index is 2.31. The summed E-state index contributed by atoms with van der Waals surface area (Å²) >= 11 is 4.20. The van der Waals surface area contributed by atoms with E-state index in [9.17, 15) is 0 Å². The second kappa shape index (κ2) is 6.20. The fraction of sp³-hybridized carbons (Fsp3) is 1.00. The summed E-state index contributed by atoms with van der Waals surface area (Å²) in [6.07, 6.45) is 0. The summed E-state index contributed by atoms with van der Waals surface area (Å²) in [6, 6.07) is 0. The van der Waals surface area contributed by atoms with E-state index in [1.54, 1.807) is 0 Å². The standard InChI is InChI=1S/C10H22S2/c1-7(2)10(11-8(3)4)12-9(5)6/h7-10H,1-6H3. The van der Waals surface area contributed by atoms with Gasteiger partial charge in [0.05, 0.1) is 4.58 Å². The van der Waals surface area contributed by atoms with Crippen molar-refractivity contribution in [3.8, 4) is 0 Å². The van der Waals surface area contributed by atoms with Crippen LogP contribution < -0.4 is 0 Å². The summed E-state index contributed by atoms with van der Waals surface area (Å²) in [4.78, 5) is 0. The van der Waals surface area contributed by atoms with E-state index < -0.39 is 0 Å². The van der Waals surface area contributed by atoms with Gasteiger partial charge in [0.2, 0.25) is 0 Å². The molecule has 0 aromatic carbocycles. The Bertz CT molecular complexity index is 98.4. The smallest absolute Gasteiger partial charge is 0.0530 e. The molecule has 0 aliphatic carbocycles. The number of thioether (sulfide) groups is 2. The van der Waals surface area contributed by atoms with Gasteiger partial charge in [-0.1, -0.05) is 41.5 Å². The van der Waals surface area contributed by atoms with Crippen molar-refractivity contribution in [3.05, 3.63) is 0 Å². The lowest BCUT2D eigenvalue weighted by Crippen LogP contribution is -2.12. The summed E-state index contributed by atoms with van der Waals surface area (Å²) in [5.41, 5.74) is 0. The molecule has 0 atom stereocenters. The van der Waals surface area contributed by atoms with Crippen LogP contribution in [-0.4, -0.2) is 15.1 Å². The molecule has 0 spiro atoms. The van der Waals surface area contributed by atoms with Crippen LogP contribution in [0.15, 0.2) is 0 Å². The lowest BCUT2D eigenvalue weighted by atomic mass is 10.3. The SMILES string of the molecule is CC(C)SC(SC(C)C)C(C)C. The van der Waals surface area contributed by atoms with Gasteiger partial charge in [-0.15, -0.1) is 23.5 Å². The van der Waals surface area contributed by atoms with Crippen LogP contribution in [0.1, 0.15) is 41.5 Å². The third-order valence-corrected chi connectivity index (χ3v) is 4.74. The molecular weight excluding hydrogens is 184 g/mol. The first-order valence-corrected chi connectivity index (χ1v) is 6.63. The van der Waals surface area contributed by atoms with Crippen molar-refractivity contribution in [2.75, 3.05) is 0 Å². The maximum absolute atomic E-state index is 2.31. The molecule has 0 unspecified atom stereocenters. The molecule has 0 saturated heterocycles. The Morgan fingerprint density at radius 1 is 0.667 bits per heavy atom.